The van der Waals surface area contributed by atoms with Gasteiger partial charge in [-0.05, 0) is 55.2 Å². The van der Waals surface area contributed by atoms with Crippen LogP contribution in [0.25, 0.3) is 5.69 Å². The van der Waals surface area contributed by atoms with Gasteiger partial charge >= 0.3 is 0 Å². The summed E-state index contributed by atoms with van der Waals surface area (Å²) in [5.41, 5.74) is 4.73. The molecule has 0 saturated heterocycles. The van der Waals surface area contributed by atoms with Gasteiger partial charge in [0.2, 0.25) is 11.8 Å². The van der Waals surface area contributed by atoms with Gasteiger partial charge in [0.1, 0.15) is 11.6 Å². The van der Waals surface area contributed by atoms with E-state index in [1.807, 2.05) is 49.4 Å². The number of rotatable bonds is 9. The fraction of sp³-hybridized carbons (Fsp3) is 0.414. The first-order chi connectivity index (χ1) is 17.0. The molecule has 0 unspecified atom stereocenters. The van der Waals surface area contributed by atoms with Crippen molar-refractivity contribution in [3.63, 3.8) is 0 Å². The van der Waals surface area contributed by atoms with Crippen LogP contribution >= 0.6 is 0 Å². The van der Waals surface area contributed by atoms with Gasteiger partial charge in [-0.3, -0.25) is 9.59 Å². The van der Waals surface area contributed by atoms with Gasteiger partial charge in [-0.1, -0.05) is 52.0 Å². The van der Waals surface area contributed by atoms with Crippen molar-refractivity contribution in [3.8, 4) is 11.4 Å². The van der Waals surface area contributed by atoms with E-state index in [4.69, 9.17) is 9.84 Å². The van der Waals surface area contributed by atoms with Crippen LogP contribution in [-0.4, -0.2) is 46.7 Å². The van der Waals surface area contributed by atoms with Crippen molar-refractivity contribution < 1.29 is 14.3 Å². The average Bonchev–Trinajstić information content (AvgIpc) is 3.25. The number of ether oxygens (including phenoxy) is 1. The van der Waals surface area contributed by atoms with Crippen LogP contribution in [0.1, 0.15) is 56.5 Å². The molecule has 192 valence electrons. The first kappa shape index (κ1) is 27.0. The van der Waals surface area contributed by atoms with Gasteiger partial charge < -0.3 is 15.0 Å². The molecular formula is C29H38N4O3. The van der Waals surface area contributed by atoms with E-state index in [-0.39, 0.29) is 30.2 Å². The Labute approximate surface area is 214 Å². The molecule has 3 rings (SSSR count). The zero-order chi connectivity index (χ0) is 26.5. The molecule has 2 amide bonds. The lowest BCUT2D eigenvalue weighted by atomic mass is 9.92. The van der Waals surface area contributed by atoms with Crippen LogP contribution in [0.15, 0.2) is 48.5 Å². The smallest absolute Gasteiger partial charge is 0.245 e. The van der Waals surface area contributed by atoms with E-state index in [0.717, 1.165) is 40.2 Å². The standard InChI is InChI=1S/C29H38N4O3/c1-8-16-32(28(35)17-22-12-14-23(36-7)15-13-22)19-27(34)30-26-18-25(29(4,5)6)31-33(26)24-11-9-10-20(2)21(24)3/h9-15,18H,8,16-17,19H2,1-7H3,(H,30,34). The number of carbonyl (C=O) groups excluding carboxylic acids is 2. The summed E-state index contributed by atoms with van der Waals surface area (Å²) in [6, 6.07) is 15.4. The number of aromatic nitrogens is 2. The third-order valence-electron chi connectivity index (χ3n) is 6.24. The number of nitrogens with zero attached hydrogens (tertiary/aromatic N) is 3. The van der Waals surface area contributed by atoms with Gasteiger partial charge in [0, 0.05) is 18.0 Å². The van der Waals surface area contributed by atoms with Gasteiger partial charge in [0.05, 0.1) is 31.5 Å². The van der Waals surface area contributed by atoms with E-state index in [1.54, 1.807) is 16.7 Å². The molecule has 0 bridgehead atoms. The zero-order valence-corrected chi connectivity index (χ0v) is 22.5. The van der Waals surface area contributed by atoms with Crippen LogP contribution < -0.4 is 10.1 Å². The molecule has 3 aromatic rings. The Kier molecular flexibility index (Phi) is 8.56. The molecule has 1 N–H and O–H groups in total. The maximum absolute atomic E-state index is 13.2. The molecule has 36 heavy (non-hydrogen) atoms. The van der Waals surface area contributed by atoms with Crippen LogP contribution in [-0.2, 0) is 21.4 Å². The van der Waals surface area contributed by atoms with Crippen molar-refractivity contribution in [2.45, 2.75) is 59.8 Å². The first-order valence-electron chi connectivity index (χ1n) is 12.4. The fourth-order valence-corrected chi connectivity index (χ4v) is 3.93. The number of anilines is 1. The second kappa shape index (κ2) is 11.4. The summed E-state index contributed by atoms with van der Waals surface area (Å²) in [4.78, 5) is 27.8. The minimum absolute atomic E-state index is 0.0222. The molecule has 0 fully saturated rings. The third kappa shape index (κ3) is 6.53. The van der Waals surface area contributed by atoms with Gasteiger partial charge in [-0.2, -0.15) is 5.10 Å². The minimum Gasteiger partial charge on any atom is -0.497 e. The summed E-state index contributed by atoms with van der Waals surface area (Å²) in [6.07, 6.45) is 0.988. The summed E-state index contributed by atoms with van der Waals surface area (Å²) >= 11 is 0. The minimum atomic E-state index is -0.251. The Morgan fingerprint density at radius 1 is 1.08 bits per heavy atom. The Morgan fingerprint density at radius 2 is 1.78 bits per heavy atom. The van der Waals surface area contributed by atoms with E-state index >= 15 is 0 Å². The number of methoxy groups -OCH3 is 1. The highest BCUT2D eigenvalue weighted by Crippen LogP contribution is 2.28. The van der Waals surface area contributed by atoms with Crippen molar-refractivity contribution in [2.75, 3.05) is 25.5 Å². The van der Waals surface area contributed by atoms with Crippen molar-refractivity contribution in [1.29, 1.82) is 0 Å². The van der Waals surface area contributed by atoms with Crippen molar-refractivity contribution in [3.05, 3.63) is 70.9 Å². The second-order valence-corrected chi connectivity index (χ2v) is 10.2. The largest absolute Gasteiger partial charge is 0.497 e. The van der Waals surface area contributed by atoms with Crippen molar-refractivity contribution in [1.82, 2.24) is 14.7 Å². The maximum atomic E-state index is 13.2. The molecular weight excluding hydrogens is 452 g/mol. The van der Waals surface area contributed by atoms with E-state index < -0.39 is 0 Å². The second-order valence-electron chi connectivity index (χ2n) is 10.2. The van der Waals surface area contributed by atoms with Gasteiger partial charge in [-0.15, -0.1) is 0 Å². The van der Waals surface area contributed by atoms with Crippen molar-refractivity contribution in [2.24, 2.45) is 0 Å². The predicted molar refractivity (Wildman–Crippen MR) is 144 cm³/mol. The van der Waals surface area contributed by atoms with Gasteiger partial charge in [0.15, 0.2) is 0 Å². The van der Waals surface area contributed by atoms with Gasteiger partial charge in [-0.25, -0.2) is 4.68 Å². The van der Waals surface area contributed by atoms with Crippen molar-refractivity contribution >= 4 is 17.6 Å². The molecule has 2 aromatic carbocycles. The fourth-order valence-electron chi connectivity index (χ4n) is 3.93. The summed E-state index contributed by atoms with van der Waals surface area (Å²) in [7, 11) is 1.61. The molecule has 1 aromatic heterocycles. The number of hydrogen-bond donors (Lipinski definition) is 1. The quantitative estimate of drug-likeness (QED) is 0.446. The summed E-state index contributed by atoms with van der Waals surface area (Å²) in [6.45, 7) is 12.9. The van der Waals surface area contributed by atoms with Crippen LogP contribution in [0.3, 0.4) is 0 Å². The maximum Gasteiger partial charge on any atom is 0.245 e. The molecule has 0 aliphatic heterocycles. The molecule has 1 heterocycles. The topological polar surface area (TPSA) is 76.5 Å². The lowest BCUT2D eigenvalue weighted by Gasteiger charge is -2.22. The van der Waals surface area contributed by atoms with Crippen LogP contribution in [0, 0.1) is 13.8 Å². The zero-order valence-electron chi connectivity index (χ0n) is 22.5. The highest BCUT2D eigenvalue weighted by atomic mass is 16.5. The number of hydrogen-bond acceptors (Lipinski definition) is 4. The molecule has 0 radical (unpaired) electrons. The molecule has 0 aliphatic carbocycles. The third-order valence-corrected chi connectivity index (χ3v) is 6.24. The number of aryl methyl sites for hydroxylation is 1. The van der Waals surface area contributed by atoms with E-state index in [1.165, 1.54) is 0 Å². The molecule has 0 saturated carbocycles. The molecule has 0 atom stereocenters. The highest BCUT2D eigenvalue weighted by Gasteiger charge is 2.23. The van der Waals surface area contributed by atoms with E-state index in [9.17, 15) is 9.59 Å². The normalized spacial score (nSPS) is 11.3. The monoisotopic (exact) mass is 490 g/mol. The summed E-state index contributed by atoms with van der Waals surface area (Å²) in [5, 5.41) is 7.86. The van der Waals surface area contributed by atoms with Gasteiger partial charge in [0.25, 0.3) is 0 Å². The van der Waals surface area contributed by atoms with E-state index in [0.29, 0.717) is 12.4 Å². The van der Waals surface area contributed by atoms with E-state index in [2.05, 4.69) is 46.0 Å². The number of nitrogens with one attached hydrogen (secondary N) is 1. The Bertz CT molecular complexity index is 1210. The molecule has 0 spiro atoms. The number of benzene rings is 2. The Morgan fingerprint density at radius 3 is 2.39 bits per heavy atom. The molecule has 7 heteroatoms. The van der Waals surface area contributed by atoms with Crippen LogP contribution in [0.2, 0.25) is 0 Å². The summed E-state index contributed by atoms with van der Waals surface area (Å²) < 4.78 is 6.99. The average molecular weight is 491 g/mol. The Balaban J connectivity index is 1.81. The molecule has 7 nitrogen and oxygen atoms in total. The number of amides is 2. The molecule has 0 aliphatic rings. The number of carbonyl (C=O) groups is 2. The SMILES string of the molecule is CCCN(CC(=O)Nc1cc(C(C)(C)C)nn1-c1cccc(C)c1C)C(=O)Cc1ccc(OC)cc1. The Hall–Kier alpha value is -3.61. The van der Waals surface area contributed by atoms with Crippen LogP contribution in [0.4, 0.5) is 5.82 Å². The summed E-state index contributed by atoms with van der Waals surface area (Å²) in [5.74, 6) is 0.998. The predicted octanol–water partition coefficient (Wildman–Crippen LogP) is 5.22. The van der Waals surface area contributed by atoms with Crippen LogP contribution in [0.5, 0.6) is 5.75 Å². The highest BCUT2D eigenvalue weighted by molar-refractivity contribution is 5.94. The lowest BCUT2D eigenvalue weighted by Crippen LogP contribution is -2.39. The lowest BCUT2D eigenvalue weighted by molar-refractivity contribution is -0.134. The first-order valence-corrected chi connectivity index (χ1v) is 12.4.